The molecule has 0 bridgehead atoms. The Hall–Kier alpha value is -0.450. The van der Waals surface area contributed by atoms with Gasteiger partial charge in [0.25, 0.3) is 0 Å². The van der Waals surface area contributed by atoms with E-state index in [4.69, 9.17) is 9.72 Å². The van der Waals surface area contributed by atoms with Crippen molar-refractivity contribution in [3.05, 3.63) is 15.6 Å². The Morgan fingerprint density at radius 3 is 2.40 bits per heavy atom. The normalized spacial score (nSPS) is 14.0. The van der Waals surface area contributed by atoms with Crippen LogP contribution in [-0.2, 0) is 10.2 Å². The molecule has 1 aromatic rings. The summed E-state index contributed by atoms with van der Waals surface area (Å²) in [6.45, 7) is 17.8. The van der Waals surface area contributed by atoms with E-state index in [1.54, 1.807) is 0 Å². The minimum Gasteiger partial charge on any atom is -0.380 e. The molecule has 1 rings (SSSR count). The van der Waals surface area contributed by atoms with E-state index < -0.39 is 0 Å². The van der Waals surface area contributed by atoms with Crippen molar-refractivity contribution in [1.82, 2.24) is 10.3 Å². The predicted octanol–water partition coefficient (Wildman–Crippen LogP) is 4.07. The number of nitrogens with one attached hydrogen (secondary N) is 1. The van der Waals surface area contributed by atoms with Crippen molar-refractivity contribution < 1.29 is 4.74 Å². The second-order valence-electron chi connectivity index (χ2n) is 6.86. The second kappa shape index (κ2) is 7.53. The largest absolute Gasteiger partial charge is 0.380 e. The number of hydrogen-bond donors (Lipinski definition) is 1. The first-order valence-electron chi connectivity index (χ1n) is 7.50. The Labute approximate surface area is 128 Å². The van der Waals surface area contributed by atoms with Gasteiger partial charge >= 0.3 is 0 Å². The van der Waals surface area contributed by atoms with Crippen molar-refractivity contribution in [1.29, 1.82) is 0 Å². The zero-order chi connectivity index (χ0) is 15.3. The molecule has 3 nitrogen and oxygen atoms in total. The quantitative estimate of drug-likeness (QED) is 0.770. The number of thiazole rings is 1. The smallest absolute Gasteiger partial charge is 0.0985 e. The highest BCUT2D eigenvalue weighted by atomic mass is 32.1. The van der Waals surface area contributed by atoms with Gasteiger partial charge in [-0.25, -0.2) is 4.98 Å². The first-order chi connectivity index (χ1) is 9.21. The summed E-state index contributed by atoms with van der Waals surface area (Å²) in [6, 6.07) is 0.339. The molecule has 0 aromatic carbocycles. The van der Waals surface area contributed by atoms with Gasteiger partial charge in [0.05, 0.1) is 17.3 Å². The fourth-order valence-electron chi connectivity index (χ4n) is 1.89. The van der Waals surface area contributed by atoms with Gasteiger partial charge in [-0.2, -0.15) is 0 Å². The number of aryl methyl sites for hydroxylation is 1. The topological polar surface area (TPSA) is 34.2 Å². The van der Waals surface area contributed by atoms with Gasteiger partial charge < -0.3 is 10.1 Å². The van der Waals surface area contributed by atoms with Gasteiger partial charge in [-0.3, -0.25) is 0 Å². The molecule has 1 heterocycles. The summed E-state index contributed by atoms with van der Waals surface area (Å²) in [4.78, 5) is 6.06. The third-order valence-corrected chi connectivity index (χ3v) is 4.78. The van der Waals surface area contributed by atoms with Crippen LogP contribution in [-0.4, -0.2) is 24.7 Å². The Morgan fingerprint density at radius 2 is 1.90 bits per heavy atom. The molecule has 0 aliphatic carbocycles. The molecule has 0 saturated heterocycles. The highest BCUT2D eigenvalue weighted by Gasteiger charge is 2.22. The van der Waals surface area contributed by atoms with E-state index in [-0.39, 0.29) is 5.41 Å². The lowest BCUT2D eigenvalue weighted by atomic mass is 9.98. The molecule has 1 N–H and O–H groups in total. The van der Waals surface area contributed by atoms with E-state index in [1.165, 1.54) is 9.88 Å². The van der Waals surface area contributed by atoms with E-state index >= 15 is 0 Å². The molecule has 0 amide bonds. The molecule has 20 heavy (non-hydrogen) atoms. The lowest BCUT2D eigenvalue weighted by Crippen LogP contribution is -2.23. The molecule has 1 aromatic heterocycles. The third-order valence-electron chi connectivity index (χ3n) is 3.02. The number of ether oxygens (including phenoxy) is 1. The average molecular weight is 298 g/mol. The van der Waals surface area contributed by atoms with Crippen molar-refractivity contribution in [3.8, 4) is 0 Å². The summed E-state index contributed by atoms with van der Waals surface area (Å²) < 4.78 is 5.60. The molecular weight excluding hydrogens is 268 g/mol. The van der Waals surface area contributed by atoms with E-state index in [0.717, 1.165) is 25.5 Å². The van der Waals surface area contributed by atoms with Crippen LogP contribution >= 0.6 is 11.3 Å². The zero-order valence-electron chi connectivity index (χ0n) is 14.0. The predicted molar refractivity (Wildman–Crippen MR) is 87.6 cm³/mol. The molecule has 116 valence electrons. The average Bonchev–Trinajstić information content (AvgIpc) is 2.70. The van der Waals surface area contributed by atoms with Crippen LogP contribution in [0.1, 0.15) is 63.2 Å². The lowest BCUT2D eigenvalue weighted by Gasteiger charge is -2.15. The Balaban J connectivity index is 2.47. The second-order valence-corrected chi connectivity index (χ2v) is 7.89. The minimum absolute atomic E-state index is 0.133. The molecule has 0 spiro atoms. The highest BCUT2D eigenvalue weighted by molar-refractivity contribution is 7.12. The minimum atomic E-state index is 0.133. The van der Waals surface area contributed by atoms with Crippen LogP contribution in [0.3, 0.4) is 0 Å². The van der Waals surface area contributed by atoms with Crippen molar-refractivity contribution in [2.24, 2.45) is 5.92 Å². The number of aromatic nitrogens is 1. The fraction of sp³-hybridized carbons (Fsp3) is 0.812. The monoisotopic (exact) mass is 298 g/mol. The summed E-state index contributed by atoms with van der Waals surface area (Å²) in [5, 5.41) is 4.74. The third kappa shape index (κ3) is 5.51. The summed E-state index contributed by atoms with van der Waals surface area (Å²) >= 11 is 1.83. The van der Waals surface area contributed by atoms with E-state index in [2.05, 4.69) is 53.8 Å². The van der Waals surface area contributed by atoms with Gasteiger partial charge in [-0.05, 0) is 19.8 Å². The Morgan fingerprint density at radius 1 is 1.25 bits per heavy atom. The van der Waals surface area contributed by atoms with Crippen LogP contribution < -0.4 is 5.32 Å². The maximum atomic E-state index is 5.60. The van der Waals surface area contributed by atoms with Crippen molar-refractivity contribution in [2.75, 3.05) is 19.8 Å². The molecule has 0 radical (unpaired) electrons. The lowest BCUT2D eigenvalue weighted by molar-refractivity contribution is 0.110. The Kier molecular flexibility index (Phi) is 6.62. The number of rotatable bonds is 7. The van der Waals surface area contributed by atoms with Crippen LogP contribution in [0.2, 0.25) is 0 Å². The van der Waals surface area contributed by atoms with Gasteiger partial charge in [-0.1, -0.05) is 34.6 Å². The summed E-state index contributed by atoms with van der Waals surface area (Å²) in [5.41, 5.74) is 1.29. The molecule has 0 fully saturated rings. The van der Waals surface area contributed by atoms with Crippen LogP contribution in [0, 0.1) is 12.8 Å². The van der Waals surface area contributed by atoms with Crippen LogP contribution in [0.4, 0.5) is 0 Å². The van der Waals surface area contributed by atoms with Gasteiger partial charge in [0.2, 0.25) is 0 Å². The molecule has 0 saturated carbocycles. The first kappa shape index (κ1) is 17.6. The standard InChI is InChI=1S/C16H30N2OS/c1-11(2)10-19-9-8-17-12(3)14-13(4)18-15(20-14)16(5,6)7/h11-12,17H,8-10H2,1-7H3. The SMILES string of the molecule is Cc1nc(C(C)(C)C)sc1C(C)NCCOCC(C)C. The molecule has 1 unspecified atom stereocenters. The van der Waals surface area contributed by atoms with E-state index in [9.17, 15) is 0 Å². The van der Waals surface area contributed by atoms with Crippen molar-refractivity contribution in [3.63, 3.8) is 0 Å². The van der Waals surface area contributed by atoms with Crippen LogP contribution in [0.5, 0.6) is 0 Å². The zero-order valence-corrected chi connectivity index (χ0v) is 14.9. The van der Waals surface area contributed by atoms with Crippen LogP contribution in [0.15, 0.2) is 0 Å². The summed E-state index contributed by atoms with van der Waals surface area (Å²) in [6.07, 6.45) is 0. The van der Waals surface area contributed by atoms with E-state index in [1.807, 2.05) is 11.3 Å². The molecule has 0 aliphatic rings. The molecule has 1 atom stereocenters. The van der Waals surface area contributed by atoms with Gasteiger partial charge in [-0.15, -0.1) is 11.3 Å². The number of hydrogen-bond acceptors (Lipinski definition) is 4. The van der Waals surface area contributed by atoms with Gasteiger partial charge in [0, 0.05) is 29.5 Å². The Bertz CT molecular complexity index is 407. The van der Waals surface area contributed by atoms with Gasteiger partial charge in [0.1, 0.15) is 0 Å². The van der Waals surface area contributed by atoms with Crippen molar-refractivity contribution >= 4 is 11.3 Å². The van der Waals surface area contributed by atoms with Gasteiger partial charge in [0.15, 0.2) is 0 Å². The van der Waals surface area contributed by atoms with E-state index in [0.29, 0.717) is 12.0 Å². The van der Waals surface area contributed by atoms with Crippen molar-refractivity contribution in [2.45, 2.75) is 59.9 Å². The molecular formula is C16H30N2OS. The number of nitrogens with zero attached hydrogens (tertiary/aromatic N) is 1. The highest BCUT2D eigenvalue weighted by Crippen LogP contribution is 2.32. The van der Waals surface area contributed by atoms with Crippen LogP contribution in [0.25, 0.3) is 0 Å². The fourth-order valence-corrected chi connectivity index (χ4v) is 3.04. The first-order valence-corrected chi connectivity index (χ1v) is 8.32. The molecule has 4 heteroatoms. The maximum absolute atomic E-state index is 5.60. The maximum Gasteiger partial charge on any atom is 0.0985 e. The molecule has 0 aliphatic heterocycles. The summed E-state index contributed by atoms with van der Waals surface area (Å²) in [7, 11) is 0. The summed E-state index contributed by atoms with van der Waals surface area (Å²) in [5.74, 6) is 0.602.